The van der Waals surface area contributed by atoms with Crippen LogP contribution in [0.25, 0.3) is 0 Å². The first-order valence-electron chi connectivity index (χ1n) is 8.06. The van der Waals surface area contributed by atoms with Gasteiger partial charge in [0.15, 0.2) is 0 Å². The highest BCUT2D eigenvalue weighted by molar-refractivity contribution is 5.85. The number of nitrogens with two attached hydrogens (primary N) is 1. The Morgan fingerprint density at radius 2 is 1.65 bits per heavy atom. The van der Waals surface area contributed by atoms with Crippen LogP contribution in [0.1, 0.15) is 30.0 Å². The molecule has 0 bridgehead atoms. The molecular weight excluding hydrogens is 308 g/mol. The van der Waals surface area contributed by atoms with Gasteiger partial charge >= 0.3 is 0 Å². The Bertz CT molecular complexity index is 568. The molecule has 0 spiro atoms. The molecule has 0 amide bonds. The molecule has 1 atom stereocenters. The molecule has 124 valence electrons. The van der Waals surface area contributed by atoms with Gasteiger partial charge in [0, 0.05) is 6.04 Å². The smallest absolute Gasteiger partial charge is 0.119 e. The number of rotatable bonds is 5. The predicted octanol–water partition coefficient (Wildman–Crippen LogP) is 3.69. The quantitative estimate of drug-likeness (QED) is 0.878. The molecule has 2 aromatic carbocycles. The Hall–Kier alpha value is -1.55. The minimum Gasteiger partial charge on any atom is -0.489 e. The molecule has 1 saturated heterocycles. The molecule has 1 fully saturated rings. The molecule has 0 aromatic heterocycles. The van der Waals surface area contributed by atoms with Crippen LogP contribution in [0.4, 0.5) is 0 Å². The van der Waals surface area contributed by atoms with E-state index in [-0.39, 0.29) is 18.4 Å². The molecule has 23 heavy (non-hydrogen) atoms. The van der Waals surface area contributed by atoms with Gasteiger partial charge in [-0.1, -0.05) is 42.5 Å². The second kappa shape index (κ2) is 8.92. The molecular formula is C19H25ClN2O. The summed E-state index contributed by atoms with van der Waals surface area (Å²) in [6.07, 6.45) is 2.32. The normalized spacial score (nSPS) is 16.4. The van der Waals surface area contributed by atoms with Gasteiger partial charge in [-0.15, -0.1) is 12.4 Å². The van der Waals surface area contributed by atoms with Gasteiger partial charge in [-0.05, 0) is 55.1 Å². The summed E-state index contributed by atoms with van der Waals surface area (Å²) in [7, 11) is 0. The van der Waals surface area contributed by atoms with Crippen LogP contribution in [-0.2, 0) is 6.61 Å². The van der Waals surface area contributed by atoms with Crippen LogP contribution in [0.15, 0.2) is 54.6 Å². The van der Waals surface area contributed by atoms with Gasteiger partial charge < -0.3 is 15.8 Å². The zero-order valence-electron chi connectivity index (χ0n) is 13.3. The third kappa shape index (κ3) is 4.96. The Morgan fingerprint density at radius 1 is 1.00 bits per heavy atom. The summed E-state index contributed by atoms with van der Waals surface area (Å²) >= 11 is 0. The first-order chi connectivity index (χ1) is 10.8. The molecule has 0 radical (unpaired) electrons. The molecule has 3 nitrogen and oxygen atoms in total. The second-order valence-corrected chi connectivity index (χ2v) is 5.96. The Labute approximate surface area is 144 Å². The van der Waals surface area contributed by atoms with Crippen molar-refractivity contribution in [1.82, 2.24) is 5.32 Å². The highest BCUT2D eigenvalue weighted by atomic mass is 35.5. The van der Waals surface area contributed by atoms with Crippen LogP contribution in [0, 0.1) is 5.92 Å². The first kappa shape index (κ1) is 17.8. The fourth-order valence-corrected chi connectivity index (χ4v) is 3.00. The molecule has 3 rings (SSSR count). The number of hydrogen-bond acceptors (Lipinski definition) is 3. The number of ether oxygens (including phenoxy) is 1. The average molecular weight is 333 g/mol. The largest absolute Gasteiger partial charge is 0.489 e. The van der Waals surface area contributed by atoms with Crippen LogP contribution in [0.3, 0.4) is 0 Å². The van der Waals surface area contributed by atoms with Crippen molar-refractivity contribution in [2.24, 2.45) is 11.7 Å². The van der Waals surface area contributed by atoms with Gasteiger partial charge in [-0.2, -0.15) is 0 Å². The van der Waals surface area contributed by atoms with Gasteiger partial charge in [0.25, 0.3) is 0 Å². The van der Waals surface area contributed by atoms with E-state index in [2.05, 4.69) is 29.6 Å². The Kier molecular flexibility index (Phi) is 6.90. The third-order valence-electron chi connectivity index (χ3n) is 4.41. The molecule has 1 aliphatic heterocycles. The van der Waals surface area contributed by atoms with Crippen LogP contribution in [0.5, 0.6) is 5.75 Å². The van der Waals surface area contributed by atoms with Gasteiger partial charge in [-0.25, -0.2) is 0 Å². The van der Waals surface area contributed by atoms with Crippen LogP contribution in [0.2, 0.25) is 0 Å². The fraction of sp³-hybridized carbons (Fsp3) is 0.368. The van der Waals surface area contributed by atoms with Crippen molar-refractivity contribution in [3.63, 3.8) is 0 Å². The van der Waals surface area contributed by atoms with Crippen molar-refractivity contribution < 1.29 is 4.74 Å². The standard InChI is InChI=1S/C19H24N2O.ClH/c20-19(17-10-12-21-13-11-17)16-6-8-18(9-7-16)22-14-15-4-2-1-3-5-15;/h1-9,17,19,21H,10-14,20H2;1H/t19-;/m0./s1. The van der Waals surface area contributed by atoms with E-state index in [0.717, 1.165) is 31.7 Å². The van der Waals surface area contributed by atoms with Crippen molar-refractivity contribution >= 4 is 12.4 Å². The Balaban J connectivity index is 0.00000192. The van der Waals surface area contributed by atoms with E-state index in [1.165, 1.54) is 11.1 Å². The highest BCUT2D eigenvalue weighted by Gasteiger charge is 2.21. The zero-order chi connectivity index (χ0) is 15.2. The van der Waals surface area contributed by atoms with E-state index in [4.69, 9.17) is 10.5 Å². The number of halogens is 1. The van der Waals surface area contributed by atoms with E-state index in [0.29, 0.717) is 12.5 Å². The lowest BCUT2D eigenvalue weighted by Gasteiger charge is -2.28. The number of nitrogens with one attached hydrogen (secondary N) is 1. The lowest BCUT2D eigenvalue weighted by Crippen LogP contribution is -2.33. The maximum atomic E-state index is 6.42. The molecule has 4 heteroatoms. The van der Waals surface area contributed by atoms with Crippen LogP contribution < -0.4 is 15.8 Å². The van der Waals surface area contributed by atoms with Gasteiger partial charge in [0.2, 0.25) is 0 Å². The van der Waals surface area contributed by atoms with Gasteiger partial charge in [-0.3, -0.25) is 0 Å². The topological polar surface area (TPSA) is 47.3 Å². The maximum Gasteiger partial charge on any atom is 0.119 e. The lowest BCUT2D eigenvalue weighted by atomic mass is 9.86. The van der Waals surface area contributed by atoms with Gasteiger partial charge in [0.05, 0.1) is 0 Å². The minimum absolute atomic E-state index is 0. The van der Waals surface area contributed by atoms with E-state index < -0.39 is 0 Å². The van der Waals surface area contributed by atoms with E-state index >= 15 is 0 Å². The van der Waals surface area contributed by atoms with Crippen LogP contribution >= 0.6 is 12.4 Å². The molecule has 0 saturated carbocycles. The summed E-state index contributed by atoms with van der Waals surface area (Å²) < 4.78 is 5.82. The van der Waals surface area contributed by atoms with Crippen LogP contribution in [-0.4, -0.2) is 13.1 Å². The molecule has 0 aliphatic carbocycles. The first-order valence-corrected chi connectivity index (χ1v) is 8.06. The number of piperidine rings is 1. The highest BCUT2D eigenvalue weighted by Crippen LogP contribution is 2.28. The minimum atomic E-state index is 0. The van der Waals surface area contributed by atoms with E-state index in [1.807, 2.05) is 30.3 Å². The Morgan fingerprint density at radius 3 is 2.30 bits per heavy atom. The molecule has 2 aromatic rings. The SMILES string of the molecule is Cl.N[C@@H](c1ccc(OCc2ccccc2)cc1)C1CCNCC1. The summed E-state index contributed by atoms with van der Waals surface area (Å²) in [5.41, 5.74) is 8.80. The van der Waals surface area contributed by atoms with Gasteiger partial charge in [0.1, 0.15) is 12.4 Å². The van der Waals surface area contributed by atoms with E-state index in [9.17, 15) is 0 Å². The molecule has 3 N–H and O–H groups in total. The maximum absolute atomic E-state index is 6.42. The zero-order valence-corrected chi connectivity index (χ0v) is 14.1. The summed E-state index contributed by atoms with van der Waals surface area (Å²) in [6, 6.07) is 18.6. The summed E-state index contributed by atoms with van der Waals surface area (Å²) in [5, 5.41) is 3.39. The summed E-state index contributed by atoms with van der Waals surface area (Å²) in [6.45, 7) is 2.76. The van der Waals surface area contributed by atoms with E-state index in [1.54, 1.807) is 0 Å². The van der Waals surface area contributed by atoms with Crippen molar-refractivity contribution in [2.45, 2.75) is 25.5 Å². The molecule has 1 aliphatic rings. The monoisotopic (exact) mass is 332 g/mol. The second-order valence-electron chi connectivity index (χ2n) is 5.96. The average Bonchev–Trinajstić information content (AvgIpc) is 2.61. The predicted molar refractivity (Wildman–Crippen MR) is 97.0 cm³/mol. The number of hydrogen-bond donors (Lipinski definition) is 2. The molecule has 1 heterocycles. The van der Waals surface area contributed by atoms with Crippen molar-refractivity contribution in [1.29, 1.82) is 0 Å². The fourth-order valence-electron chi connectivity index (χ4n) is 3.00. The summed E-state index contributed by atoms with van der Waals surface area (Å²) in [5.74, 6) is 1.47. The van der Waals surface area contributed by atoms with Crippen molar-refractivity contribution in [3.8, 4) is 5.75 Å². The third-order valence-corrected chi connectivity index (χ3v) is 4.41. The van der Waals surface area contributed by atoms with Crippen molar-refractivity contribution in [3.05, 3.63) is 65.7 Å². The lowest BCUT2D eigenvalue weighted by molar-refractivity contribution is 0.305. The summed E-state index contributed by atoms with van der Waals surface area (Å²) in [4.78, 5) is 0. The number of benzene rings is 2. The molecule has 0 unspecified atom stereocenters. The van der Waals surface area contributed by atoms with Crippen molar-refractivity contribution in [2.75, 3.05) is 13.1 Å².